The zero-order chi connectivity index (χ0) is 22.7. The Morgan fingerprint density at radius 3 is 2.25 bits per heavy atom. The second kappa shape index (κ2) is 8.70. The van der Waals surface area contributed by atoms with Crippen LogP contribution in [0.5, 0.6) is 5.75 Å². The summed E-state index contributed by atoms with van der Waals surface area (Å²) >= 11 is 6.30. The highest BCUT2D eigenvalue weighted by Gasteiger charge is 2.19. The number of ether oxygens (including phenoxy) is 1. The summed E-state index contributed by atoms with van der Waals surface area (Å²) in [5, 5.41) is 12.4. The van der Waals surface area contributed by atoms with E-state index in [-0.39, 0.29) is 16.5 Å². The largest absolute Gasteiger partial charge is 0.497 e. The summed E-state index contributed by atoms with van der Waals surface area (Å²) in [5.41, 5.74) is 1.89. The van der Waals surface area contributed by atoms with Gasteiger partial charge in [-0.25, -0.2) is 18.4 Å². The van der Waals surface area contributed by atoms with Crippen molar-refractivity contribution in [2.45, 2.75) is 4.90 Å². The fourth-order valence-electron chi connectivity index (χ4n) is 2.91. The second-order valence-corrected chi connectivity index (χ2v) is 8.71. The highest BCUT2D eigenvalue weighted by molar-refractivity contribution is 7.92. The number of hydrogen-bond donors (Lipinski definition) is 2. The van der Waals surface area contributed by atoms with Crippen LogP contribution in [0.25, 0.3) is 11.0 Å². The maximum atomic E-state index is 13.0. The SMILES string of the molecule is COc1ccc(Cl)c(Nc2nc3ccccc3nc2NS(=O)(=O)c2ccc(C#N)cc2)c1. The van der Waals surface area contributed by atoms with Crippen LogP contribution in [0.1, 0.15) is 5.56 Å². The maximum absolute atomic E-state index is 13.0. The number of halogens is 1. The molecule has 0 spiro atoms. The molecule has 3 aromatic carbocycles. The Hall–Kier alpha value is -3.87. The quantitative estimate of drug-likeness (QED) is 0.423. The Kier molecular flexibility index (Phi) is 5.81. The van der Waals surface area contributed by atoms with Crippen molar-refractivity contribution in [2.24, 2.45) is 0 Å². The summed E-state index contributed by atoms with van der Waals surface area (Å²) in [6.07, 6.45) is 0. The first-order valence-electron chi connectivity index (χ1n) is 9.30. The predicted octanol–water partition coefficient (Wildman–Crippen LogP) is 4.71. The molecule has 4 rings (SSSR count). The second-order valence-electron chi connectivity index (χ2n) is 6.62. The lowest BCUT2D eigenvalue weighted by atomic mass is 10.2. The van der Waals surface area contributed by atoms with Crippen LogP contribution in [0.3, 0.4) is 0 Å². The van der Waals surface area contributed by atoms with Crippen LogP contribution in [-0.4, -0.2) is 25.5 Å². The fourth-order valence-corrected chi connectivity index (χ4v) is 4.08. The Bertz CT molecular complexity index is 1450. The van der Waals surface area contributed by atoms with Gasteiger partial charge in [0, 0.05) is 6.07 Å². The molecule has 8 nitrogen and oxygen atoms in total. The van der Waals surface area contributed by atoms with Gasteiger partial charge in [0.25, 0.3) is 10.0 Å². The molecule has 2 N–H and O–H groups in total. The first-order chi connectivity index (χ1) is 15.4. The van der Waals surface area contributed by atoms with Gasteiger partial charge in [-0.15, -0.1) is 0 Å². The molecule has 0 atom stereocenters. The number of nitrogens with one attached hydrogen (secondary N) is 2. The van der Waals surface area contributed by atoms with E-state index < -0.39 is 10.0 Å². The van der Waals surface area contributed by atoms with Gasteiger partial charge >= 0.3 is 0 Å². The van der Waals surface area contributed by atoms with Crippen molar-refractivity contribution in [3.05, 3.63) is 77.3 Å². The highest BCUT2D eigenvalue weighted by atomic mass is 35.5. The molecule has 0 aliphatic carbocycles. The standard InChI is InChI=1S/C22H16ClN5O3S/c1-31-15-8-11-17(23)20(12-15)27-21-22(26-19-5-3-2-4-18(19)25-21)28-32(29,30)16-9-6-14(13-24)7-10-16/h2-12H,1H3,(H,25,27)(H,26,28). The minimum Gasteiger partial charge on any atom is -0.497 e. The molecular weight excluding hydrogens is 450 g/mol. The van der Waals surface area contributed by atoms with E-state index >= 15 is 0 Å². The van der Waals surface area contributed by atoms with Gasteiger partial charge in [-0.2, -0.15) is 5.26 Å². The first-order valence-corrected chi connectivity index (χ1v) is 11.2. The summed E-state index contributed by atoms with van der Waals surface area (Å²) in [4.78, 5) is 8.96. The van der Waals surface area contributed by atoms with Gasteiger partial charge in [0.1, 0.15) is 5.75 Å². The lowest BCUT2D eigenvalue weighted by Crippen LogP contribution is -2.16. The molecule has 0 radical (unpaired) electrons. The molecule has 0 amide bonds. The predicted molar refractivity (Wildman–Crippen MR) is 123 cm³/mol. The summed E-state index contributed by atoms with van der Waals surface area (Å²) in [6.45, 7) is 0. The van der Waals surface area contributed by atoms with Gasteiger partial charge in [-0.1, -0.05) is 23.7 Å². The Morgan fingerprint density at radius 2 is 1.62 bits per heavy atom. The van der Waals surface area contributed by atoms with Crippen molar-refractivity contribution in [2.75, 3.05) is 17.1 Å². The number of hydrogen-bond acceptors (Lipinski definition) is 7. The first kappa shape index (κ1) is 21.4. The maximum Gasteiger partial charge on any atom is 0.263 e. The Morgan fingerprint density at radius 1 is 0.969 bits per heavy atom. The molecule has 0 aliphatic rings. The van der Waals surface area contributed by atoms with Crippen LogP contribution >= 0.6 is 11.6 Å². The van der Waals surface area contributed by atoms with E-state index in [1.165, 1.54) is 31.4 Å². The lowest BCUT2D eigenvalue weighted by Gasteiger charge is -2.15. The summed E-state index contributed by atoms with van der Waals surface area (Å²) in [6, 6.07) is 19.6. The van der Waals surface area contributed by atoms with Crippen molar-refractivity contribution in [3.63, 3.8) is 0 Å². The number of sulfonamides is 1. The molecule has 0 bridgehead atoms. The number of nitriles is 1. The molecule has 4 aromatic rings. The zero-order valence-electron chi connectivity index (χ0n) is 16.7. The van der Waals surface area contributed by atoms with Crippen LogP contribution in [0.15, 0.2) is 71.6 Å². The molecule has 0 saturated carbocycles. The third kappa shape index (κ3) is 4.42. The number of benzene rings is 3. The minimum atomic E-state index is -4.00. The highest BCUT2D eigenvalue weighted by Crippen LogP contribution is 2.32. The van der Waals surface area contributed by atoms with Crippen LogP contribution in [0, 0.1) is 11.3 Å². The topological polar surface area (TPSA) is 117 Å². The van der Waals surface area contributed by atoms with Crippen molar-refractivity contribution in [3.8, 4) is 11.8 Å². The molecule has 1 aromatic heterocycles. The number of rotatable bonds is 6. The van der Waals surface area contributed by atoms with Gasteiger partial charge in [0.15, 0.2) is 11.6 Å². The van der Waals surface area contributed by atoms with E-state index in [4.69, 9.17) is 21.6 Å². The third-order valence-electron chi connectivity index (χ3n) is 4.52. The number of fused-ring (bicyclic) bond motifs is 1. The van der Waals surface area contributed by atoms with Crippen molar-refractivity contribution in [1.82, 2.24) is 9.97 Å². The van der Waals surface area contributed by atoms with E-state index in [0.717, 1.165) is 0 Å². The molecule has 0 saturated heterocycles. The molecule has 10 heteroatoms. The molecule has 0 fully saturated rings. The van der Waals surface area contributed by atoms with E-state index in [9.17, 15) is 8.42 Å². The average Bonchev–Trinajstić information content (AvgIpc) is 2.80. The minimum absolute atomic E-state index is 0.00746. The monoisotopic (exact) mass is 465 g/mol. The number of aromatic nitrogens is 2. The van der Waals surface area contributed by atoms with Gasteiger partial charge < -0.3 is 10.1 Å². The average molecular weight is 466 g/mol. The zero-order valence-corrected chi connectivity index (χ0v) is 18.3. The van der Waals surface area contributed by atoms with E-state index in [2.05, 4.69) is 20.0 Å². The summed E-state index contributed by atoms with van der Waals surface area (Å²) < 4.78 is 33.7. The number of para-hydroxylation sites is 2. The lowest BCUT2D eigenvalue weighted by molar-refractivity contribution is 0.415. The smallest absolute Gasteiger partial charge is 0.263 e. The van der Waals surface area contributed by atoms with Crippen LogP contribution < -0.4 is 14.8 Å². The number of anilines is 3. The number of nitrogens with zero attached hydrogens (tertiary/aromatic N) is 3. The van der Waals surface area contributed by atoms with Crippen molar-refractivity contribution in [1.29, 1.82) is 5.26 Å². The van der Waals surface area contributed by atoms with E-state index in [0.29, 0.717) is 33.1 Å². The molecule has 32 heavy (non-hydrogen) atoms. The normalized spacial score (nSPS) is 11.0. The molecule has 0 aliphatic heterocycles. The van der Waals surface area contributed by atoms with Gasteiger partial charge in [-0.05, 0) is 48.5 Å². The van der Waals surface area contributed by atoms with Gasteiger partial charge in [0.2, 0.25) is 0 Å². The number of methoxy groups -OCH3 is 1. The Balaban J connectivity index is 1.78. The van der Waals surface area contributed by atoms with E-state index in [1.807, 2.05) is 6.07 Å². The van der Waals surface area contributed by atoms with Crippen molar-refractivity contribution < 1.29 is 13.2 Å². The van der Waals surface area contributed by atoms with Crippen LogP contribution in [-0.2, 0) is 10.0 Å². The fraction of sp³-hybridized carbons (Fsp3) is 0.0455. The third-order valence-corrected chi connectivity index (χ3v) is 6.21. The molecule has 160 valence electrons. The molecular formula is C22H16ClN5O3S. The van der Waals surface area contributed by atoms with Crippen LogP contribution in [0.4, 0.5) is 17.3 Å². The molecule has 1 heterocycles. The van der Waals surface area contributed by atoms with Gasteiger partial charge in [0.05, 0.1) is 45.4 Å². The molecule has 0 unspecified atom stereocenters. The Labute approximate surface area is 189 Å². The van der Waals surface area contributed by atoms with E-state index in [1.54, 1.807) is 42.5 Å². The summed E-state index contributed by atoms with van der Waals surface area (Å²) in [7, 11) is -2.48. The van der Waals surface area contributed by atoms with Gasteiger partial charge in [-0.3, -0.25) is 4.72 Å². The summed E-state index contributed by atoms with van der Waals surface area (Å²) in [5.74, 6) is 0.716. The van der Waals surface area contributed by atoms with Crippen LogP contribution in [0.2, 0.25) is 5.02 Å². The van der Waals surface area contributed by atoms with Crippen molar-refractivity contribution >= 4 is 50.0 Å².